The van der Waals surface area contributed by atoms with Gasteiger partial charge >= 0.3 is 0 Å². The van der Waals surface area contributed by atoms with Crippen molar-refractivity contribution < 1.29 is 4.74 Å². The average molecular weight is 341 g/mol. The van der Waals surface area contributed by atoms with Crippen LogP contribution in [-0.2, 0) is 0 Å². The second kappa shape index (κ2) is 5.31. The van der Waals surface area contributed by atoms with Crippen molar-refractivity contribution in [1.82, 2.24) is 9.97 Å². The molecule has 4 nitrogen and oxygen atoms in total. The topological polar surface area (TPSA) is 38.2 Å². The second-order valence-corrected chi connectivity index (χ2v) is 4.70. The van der Waals surface area contributed by atoms with Gasteiger partial charge in [-0.1, -0.05) is 0 Å². The molecule has 0 atom stereocenters. The smallest absolute Gasteiger partial charge is 0.229 e. The van der Waals surface area contributed by atoms with Gasteiger partial charge in [0.2, 0.25) is 5.95 Å². The van der Waals surface area contributed by atoms with E-state index in [2.05, 4.69) is 32.6 Å². The van der Waals surface area contributed by atoms with E-state index in [1.165, 1.54) is 0 Å². The first kappa shape index (κ1) is 12.1. The van der Waals surface area contributed by atoms with Gasteiger partial charge in [-0.3, -0.25) is 0 Å². The minimum atomic E-state index is 0.676. The summed E-state index contributed by atoms with van der Waals surface area (Å²) in [5.41, 5.74) is 1.02. The molecule has 2 aromatic rings. The maximum absolute atomic E-state index is 5.12. The number of methoxy groups -OCH3 is 1. The Kier molecular flexibility index (Phi) is 3.78. The number of benzene rings is 1. The fourth-order valence-electron chi connectivity index (χ4n) is 1.40. The molecule has 17 heavy (non-hydrogen) atoms. The lowest BCUT2D eigenvalue weighted by molar-refractivity contribution is 0.415. The molecule has 0 saturated heterocycles. The molecule has 0 aliphatic heterocycles. The van der Waals surface area contributed by atoms with E-state index in [-0.39, 0.29) is 0 Å². The van der Waals surface area contributed by atoms with Crippen molar-refractivity contribution in [2.75, 3.05) is 19.1 Å². The Balaban J connectivity index is 2.23. The number of ether oxygens (including phenoxy) is 1. The van der Waals surface area contributed by atoms with Crippen LogP contribution in [-0.4, -0.2) is 24.1 Å². The highest BCUT2D eigenvalue weighted by molar-refractivity contribution is 14.1. The fourth-order valence-corrected chi connectivity index (χ4v) is 1.68. The van der Waals surface area contributed by atoms with Gasteiger partial charge in [0.15, 0.2) is 0 Å². The van der Waals surface area contributed by atoms with Crippen LogP contribution in [0.4, 0.5) is 11.6 Å². The number of aromatic nitrogens is 2. The molecule has 0 unspecified atom stereocenters. The van der Waals surface area contributed by atoms with Crippen LogP contribution in [0.1, 0.15) is 0 Å². The fraction of sp³-hybridized carbons (Fsp3) is 0.167. The summed E-state index contributed by atoms with van der Waals surface area (Å²) in [6, 6.07) is 7.78. The molecule has 0 fully saturated rings. The standard InChI is InChI=1S/C12H12IN3O/c1-16(12-14-7-9(13)8-15-12)10-3-5-11(17-2)6-4-10/h3-8H,1-2H3. The molecule has 1 aromatic carbocycles. The van der Waals surface area contributed by atoms with E-state index in [1.54, 1.807) is 19.5 Å². The number of halogens is 1. The van der Waals surface area contributed by atoms with Crippen molar-refractivity contribution in [3.63, 3.8) is 0 Å². The first-order chi connectivity index (χ1) is 8.20. The minimum absolute atomic E-state index is 0.676. The molecule has 0 aliphatic rings. The van der Waals surface area contributed by atoms with Gasteiger partial charge in [-0.15, -0.1) is 0 Å². The van der Waals surface area contributed by atoms with Crippen molar-refractivity contribution in [2.24, 2.45) is 0 Å². The van der Waals surface area contributed by atoms with Crippen molar-refractivity contribution in [3.8, 4) is 5.75 Å². The predicted octanol–water partition coefficient (Wildman–Crippen LogP) is 2.86. The Labute approximate surface area is 114 Å². The van der Waals surface area contributed by atoms with E-state index in [0.717, 1.165) is 15.0 Å². The van der Waals surface area contributed by atoms with Crippen molar-refractivity contribution >= 4 is 34.2 Å². The monoisotopic (exact) mass is 341 g/mol. The van der Waals surface area contributed by atoms with Gasteiger partial charge in [0.05, 0.1) is 7.11 Å². The third-order valence-electron chi connectivity index (χ3n) is 2.37. The van der Waals surface area contributed by atoms with E-state index in [1.807, 2.05) is 36.2 Å². The summed E-state index contributed by atoms with van der Waals surface area (Å²) in [5.74, 6) is 1.52. The molecule has 1 aromatic heterocycles. The number of anilines is 2. The Morgan fingerprint density at radius 1 is 1.12 bits per heavy atom. The van der Waals surface area contributed by atoms with Crippen LogP contribution in [0.15, 0.2) is 36.7 Å². The van der Waals surface area contributed by atoms with E-state index < -0.39 is 0 Å². The molecule has 0 bridgehead atoms. The molecule has 88 valence electrons. The summed E-state index contributed by atoms with van der Waals surface area (Å²) in [6.07, 6.45) is 3.59. The molecule has 0 saturated carbocycles. The van der Waals surface area contributed by atoms with Crippen LogP contribution in [0.2, 0.25) is 0 Å². The van der Waals surface area contributed by atoms with Crippen LogP contribution >= 0.6 is 22.6 Å². The highest BCUT2D eigenvalue weighted by Gasteiger charge is 2.06. The van der Waals surface area contributed by atoms with Gasteiger partial charge in [0.1, 0.15) is 5.75 Å². The number of nitrogens with zero attached hydrogens (tertiary/aromatic N) is 3. The Morgan fingerprint density at radius 2 is 1.71 bits per heavy atom. The van der Waals surface area contributed by atoms with E-state index in [0.29, 0.717) is 5.95 Å². The maximum atomic E-state index is 5.12. The van der Waals surface area contributed by atoms with E-state index in [9.17, 15) is 0 Å². The summed E-state index contributed by atoms with van der Waals surface area (Å²) in [5, 5.41) is 0. The van der Waals surface area contributed by atoms with Gasteiger partial charge in [0, 0.05) is 28.7 Å². The molecule has 1 heterocycles. The largest absolute Gasteiger partial charge is 0.497 e. The zero-order valence-corrected chi connectivity index (χ0v) is 11.7. The van der Waals surface area contributed by atoms with Crippen molar-refractivity contribution in [1.29, 1.82) is 0 Å². The molecule has 0 N–H and O–H groups in total. The quantitative estimate of drug-likeness (QED) is 0.805. The summed E-state index contributed by atoms with van der Waals surface area (Å²) < 4.78 is 6.14. The number of rotatable bonds is 3. The molecule has 0 amide bonds. The lowest BCUT2D eigenvalue weighted by Gasteiger charge is -2.17. The zero-order chi connectivity index (χ0) is 12.3. The van der Waals surface area contributed by atoms with Gasteiger partial charge in [-0.2, -0.15) is 0 Å². The lowest BCUT2D eigenvalue weighted by Crippen LogP contribution is -2.12. The molecule has 0 spiro atoms. The summed E-state index contributed by atoms with van der Waals surface area (Å²) in [7, 11) is 3.59. The lowest BCUT2D eigenvalue weighted by atomic mass is 10.3. The first-order valence-corrected chi connectivity index (χ1v) is 6.14. The number of hydrogen-bond acceptors (Lipinski definition) is 4. The predicted molar refractivity (Wildman–Crippen MR) is 75.8 cm³/mol. The highest BCUT2D eigenvalue weighted by Crippen LogP contribution is 2.22. The molecule has 0 aliphatic carbocycles. The molecule has 0 radical (unpaired) electrons. The Hall–Kier alpha value is -1.37. The summed E-state index contributed by atoms with van der Waals surface area (Å²) >= 11 is 2.18. The average Bonchev–Trinajstić information content (AvgIpc) is 2.39. The molecular weight excluding hydrogens is 329 g/mol. The van der Waals surface area contributed by atoms with E-state index in [4.69, 9.17) is 4.74 Å². The van der Waals surface area contributed by atoms with Gasteiger partial charge < -0.3 is 9.64 Å². The zero-order valence-electron chi connectivity index (χ0n) is 9.59. The second-order valence-electron chi connectivity index (χ2n) is 3.46. The Morgan fingerprint density at radius 3 is 2.24 bits per heavy atom. The molecular formula is C12H12IN3O. The maximum Gasteiger partial charge on any atom is 0.229 e. The Bertz CT molecular complexity index is 484. The van der Waals surface area contributed by atoms with Crippen LogP contribution in [0, 0.1) is 3.57 Å². The van der Waals surface area contributed by atoms with Crippen molar-refractivity contribution in [3.05, 3.63) is 40.2 Å². The van der Waals surface area contributed by atoms with Crippen LogP contribution in [0.25, 0.3) is 0 Å². The minimum Gasteiger partial charge on any atom is -0.497 e. The molecule has 5 heteroatoms. The number of hydrogen-bond donors (Lipinski definition) is 0. The van der Waals surface area contributed by atoms with E-state index >= 15 is 0 Å². The van der Waals surface area contributed by atoms with Crippen LogP contribution in [0.3, 0.4) is 0 Å². The van der Waals surface area contributed by atoms with Gasteiger partial charge in [-0.05, 0) is 46.9 Å². The first-order valence-electron chi connectivity index (χ1n) is 5.06. The third-order valence-corrected chi connectivity index (χ3v) is 2.92. The normalized spacial score (nSPS) is 10.1. The third kappa shape index (κ3) is 2.85. The molecule has 2 rings (SSSR count). The van der Waals surface area contributed by atoms with Crippen LogP contribution in [0.5, 0.6) is 5.75 Å². The van der Waals surface area contributed by atoms with Gasteiger partial charge in [-0.25, -0.2) is 9.97 Å². The van der Waals surface area contributed by atoms with Gasteiger partial charge in [0.25, 0.3) is 0 Å². The summed E-state index contributed by atoms with van der Waals surface area (Å²) in [6.45, 7) is 0. The van der Waals surface area contributed by atoms with Crippen LogP contribution < -0.4 is 9.64 Å². The highest BCUT2D eigenvalue weighted by atomic mass is 127. The summed E-state index contributed by atoms with van der Waals surface area (Å²) in [4.78, 5) is 10.5. The van der Waals surface area contributed by atoms with Crippen molar-refractivity contribution in [2.45, 2.75) is 0 Å². The SMILES string of the molecule is COc1ccc(N(C)c2ncc(I)cn2)cc1.